The number of aryl methyl sites for hydroxylation is 1. The Morgan fingerprint density at radius 2 is 2.26 bits per heavy atom. The summed E-state index contributed by atoms with van der Waals surface area (Å²) in [5.41, 5.74) is 1.59. The molecule has 1 saturated heterocycles. The van der Waals surface area contributed by atoms with E-state index in [0.717, 1.165) is 36.9 Å². The first kappa shape index (κ1) is 15.5. The summed E-state index contributed by atoms with van der Waals surface area (Å²) in [5, 5.41) is 6.38. The van der Waals surface area contributed by atoms with Crippen LogP contribution >= 0.6 is 0 Å². The number of nitrogens with one attached hydrogen (secondary N) is 2. The summed E-state index contributed by atoms with van der Waals surface area (Å²) >= 11 is 0. The van der Waals surface area contributed by atoms with Crippen molar-refractivity contribution in [2.24, 2.45) is 0 Å². The highest BCUT2D eigenvalue weighted by atomic mass is 16.2. The zero-order valence-electron chi connectivity index (χ0n) is 13.2. The maximum Gasteiger partial charge on any atom is 0.340 e. The van der Waals surface area contributed by atoms with E-state index in [1.165, 1.54) is 0 Å². The molecule has 23 heavy (non-hydrogen) atoms. The molecule has 1 atom stereocenters. The summed E-state index contributed by atoms with van der Waals surface area (Å²) in [4.78, 5) is 32.8. The van der Waals surface area contributed by atoms with E-state index >= 15 is 0 Å². The highest BCUT2D eigenvalue weighted by Gasteiger charge is 2.30. The summed E-state index contributed by atoms with van der Waals surface area (Å²) < 4.78 is 0. The van der Waals surface area contributed by atoms with E-state index in [4.69, 9.17) is 0 Å². The Balaban J connectivity index is 1.74. The lowest BCUT2D eigenvalue weighted by atomic mass is 10.0. The molecule has 1 aliphatic heterocycles. The number of aromatic nitrogens is 4. The fourth-order valence-electron chi connectivity index (χ4n) is 2.98. The molecule has 1 fully saturated rings. The Bertz CT molecular complexity index is 719. The number of pyridine rings is 1. The molecule has 7 heteroatoms. The van der Waals surface area contributed by atoms with Crippen molar-refractivity contribution in [1.82, 2.24) is 25.1 Å². The lowest BCUT2D eigenvalue weighted by molar-refractivity contribution is -0.134. The topological polar surface area (TPSA) is 94.7 Å². The maximum absolute atomic E-state index is 12.7. The number of H-pyrrole nitrogens is 2. The minimum absolute atomic E-state index is 0.0234. The van der Waals surface area contributed by atoms with Crippen molar-refractivity contribution >= 4 is 5.91 Å². The lowest BCUT2D eigenvalue weighted by Gasteiger charge is -2.34. The average molecular weight is 315 g/mol. The van der Waals surface area contributed by atoms with Crippen LogP contribution in [0.2, 0.25) is 0 Å². The van der Waals surface area contributed by atoms with Crippen LogP contribution in [0.1, 0.15) is 49.3 Å². The molecule has 2 aromatic rings. The van der Waals surface area contributed by atoms with Crippen molar-refractivity contribution < 1.29 is 4.79 Å². The van der Waals surface area contributed by atoms with Crippen LogP contribution in [-0.4, -0.2) is 37.5 Å². The number of nitrogens with zero attached hydrogens (tertiary/aromatic N) is 3. The third-order valence-electron chi connectivity index (χ3n) is 4.28. The summed E-state index contributed by atoms with van der Waals surface area (Å²) in [6, 6.07) is 3.76. The van der Waals surface area contributed by atoms with Gasteiger partial charge in [-0.1, -0.05) is 13.0 Å². The molecule has 0 aromatic carbocycles. The molecule has 0 bridgehead atoms. The molecule has 0 aliphatic carbocycles. The van der Waals surface area contributed by atoms with Crippen LogP contribution in [-0.2, 0) is 17.6 Å². The van der Waals surface area contributed by atoms with Crippen LogP contribution in [0.4, 0.5) is 0 Å². The summed E-state index contributed by atoms with van der Waals surface area (Å²) in [7, 11) is 0. The van der Waals surface area contributed by atoms with E-state index in [2.05, 4.69) is 27.1 Å². The van der Waals surface area contributed by atoms with Crippen LogP contribution in [0.15, 0.2) is 23.1 Å². The van der Waals surface area contributed by atoms with Crippen LogP contribution < -0.4 is 5.69 Å². The summed E-state index contributed by atoms with van der Waals surface area (Å²) in [6.45, 7) is 2.76. The van der Waals surface area contributed by atoms with Crippen LogP contribution in [0.3, 0.4) is 0 Å². The van der Waals surface area contributed by atoms with Gasteiger partial charge in [0.2, 0.25) is 5.91 Å². The molecule has 7 nitrogen and oxygen atoms in total. The fourth-order valence-corrected chi connectivity index (χ4v) is 2.98. The number of amides is 1. The molecule has 2 N–H and O–H groups in total. The van der Waals surface area contributed by atoms with Gasteiger partial charge in [-0.25, -0.2) is 9.89 Å². The van der Waals surface area contributed by atoms with Crippen LogP contribution in [0.5, 0.6) is 0 Å². The van der Waals surface area contributed by atoms with E-state index in [9.17, 15) is 9.59 Å². The first-order chi connectivity index (χ1) is 11.2. The van der Waals surface area contributed by atoms with Gasteiger partial charge in [-0.15, -0.1) is 0 Å². The second-order valence-electron chi connectivity index (χ2n) is 5.85. The predicted octanol–water partition coefficient (Wildman–Crippen LogP) is 1.35. The van der Waals surface area contributed by atoms with Gasteiger partial charge < -0.3 is 4.90 Å². The number of aromatic amines is 2. The quantitative estimate of drug-likeness (QED) is 0.890. The normalized spacial score (nSPS) is 18.1. The molecule has 0 radical (unpaired) electrons. The minimum atomic E-state index is -0.338. The lowest BCUT2D eigenvalue weighted by Crippen LogP contribution is -2.40. The predicted molar refractivity (Wildman–Crippen MR) is 84.8 cm³/mol. The van der Waals surface area contributed by atoms with E-state index in [1.54, 1.807) is 0 Å². The number of piperidine rings is 1. The Hall–Kier alpha value is -2.44. The standard InChI is InChI=1S/C16H21N5O2/c1-2-11-6-7-12(17-10-11)9-14(22)21-8-4-3-5-13(21)15-18-16(23)20-19-15/h6-7,10,13H,2-5,8-9H2,1H3,(H2,18,19,20,23). The van der Waals surface area contributed by atoms with Crippen LogP contribution in [0, 0.1) is 0 Å². The third kappa shape index (κ3) is 3.49. The molecule has 1 amide bonds. The molecule has 122 valence electrons. The Morgan fingerprint density at radius 1 is 1.39 bits per heavy atom. The van der Waals surface area contributed by atoms with Gasteiger partial charge in [-0.3, -0.25) is 14.8 Å². The van der Waals surface area contributed by atoms with E-state index in [0.29, 0.717) is 12.4 Å². The van der Waals surface area contributed by atoms with Gasteiger partial charge in [0, 0.05) is 18.4 Å². The molecule has 0 spiro atoms. The Labute approximate surface area is 134 Å². The monoisotopic (exact) mass is 315 g/mol. The van der Waals surface area contributed by atoms with Crippen molar-refractivity contribution in [3.63, 3.8) is 0 Å². The highest BCUT2D eigenvalue weighted by molar-refractivity contribution is 5.78. The third-order valence-corrected chi connectivity index (χ3v) is 4.28. The Morgan fingerprint density at radius 3 is 2.91 bits per heavy atom. The van der Waals surface area contributed by atoms with Crippen molar-refractivity contribution in [2.45, 2.75) is 45.1 Å². The van der Waals surface area contributed by atoms with Crippen LogP contribution in [0.25, 0.3) is 0 Å². The summed E-state index contributed by atoms with van der Waals surface area (Å²) in [5.74, 6) is 0.563. The SMILES string of the molecule is CCc1ccc(CC(=O)N2CCCCC2c2n[nH]c(=O)[nH]2)nc1. The molecule has 2 aromatic heterocycles. The molecule has 1 unspecified atom stereocenters. The first-order valence-electron chi connectivity index (χ1n) is 8.05. The average Bonchev–Trinajstić information content (AvgIpc) is 3.02. The maximum atomic E-state index is 12.7. The molecule has 3 rings (SSSR count). The number of hydrogen-bond donors (Lipinski definition) is 2. The second-order valence-corrected chi connectivity index (χ2v) is 5.85. The molecular formula is C16H21N5O2. The van der Waals surface area contributed by atoms with Gasteiger partial charge in [-0.05, 0) is 37.3 Å². The highest BCUT2D eigenvalue weighted by Crippen LogP contribution is 2.28. The second kappa shape index (κ2) is 6.76. The Kier molecular flexibility index (Phi) is 4.55. The first-order valence-corrected chi connectivity index (χ1v) is 8.05. The van der Waals surface area contributed by atoms with E-state index in [-0.39, 0.29) is 24.1 Å². The minimum Gasteiger partial charge on any atom is -0.332 e. The van der Waals surface area contributed by atoms with Crippen molar-refractivity contribution in [2.75, 3.05) is 6.54 Å². The number of carbonyl (C=O) groups is 1. The number of likely N-dealkylation sites (tertiary alicyclic amines) is 1. The smallest absolute Gasteiger partial charge is 0.332 e. The molecular weight excluding hydrogens is 294 g/mol. The van der Waals surface area contributed by atoms with Crippen molar-refractivity contribution in [3.05, 3.63) is 45.9 Å². The zero-order valence-corrected chi connectivity index (χ0v) is 13.2. The van der Waals surface area contributed by atoms with Gasteiger partial charge in [0.05, 0.1) is 12.5 Å². The van der Waals surface area contributed by atoms with E-state index in [1.807, 2.05) is 23.2 Å². The largest absolute Gasteiger partial charge is 0.340 e. The van der Waals surface area contributed by atoms with Gasteiger partial charge >= 0.3 is 5.69 Å². The number of hydrogen-bond acceptors (Lipinski definition) is 4. The fraction of sp³-hybridized carbons (Fsp3) is 0.500. The number of carbonyl (C=O) groups excluding carboxylic acids is 1. The number of rotatable bonds is 4. The van der Waals surface area contributed by atoms with Gasteiger partial charge in [0.15, 0.2) is 5.82 Å². The molecule has 1 aliphatic rings. The van der Waals surface area contributed by atoms with Crippen molar-refractivity contribution in [1.29, 1.82) is 0 Å². The van der Waals surface area contributed by atoms with Gasteiger partial charge in [0.1, 0.15) is 0 Å². The summed E-state index contributed by atoms with van der Waals surface area (Å²) in [6.07, 6.45) is 5.83. The van der Waals surface area contributed by atoms with E-state index < -0.39 is 0 Å². The van der Waals surface area contributed by atoms with Gasteiger partial charge in [0.25, 0.3) is 0 Å². The molecule has 0 saturated carbocycles. The van der Waals surface area contributed by atoms with Gasteiger partial charge in [-0.2, -0.15) is 5.10 Å². The molecule has 3 heterocycles. The van der Waals surface area contributed by atoms with Crippen molar-refractivity contribution in [3.8, 4) is 0 Å². The zero-order chi connectivity index (χ0) is 16.2.